The quantitative estimate of drug-likeness (QED) is 0.338. The Balaban J connectivity index is 1.61. The number of rotatable bonds is 6. The van der Waals surface area contributed by atoms with Crippen LogP contribution in [0.4, 0.5) is 4.39 Å². The van der Waals surface area contributed by atoms with Crippen LogP contribution in [0.1, 0.15) is 27.2 Å². The van der Waals surface area contributed by atoms with Gasteiger partial charge in [0.25, 0.3) is 5.91 Å². The number of halogens is 3. The zero-order valence-corrected chi connectivity index (χ0v) is 19.7. The SMILES string of the molecule is Cc1ccc(-c2cc(C(=O)NCCc3ccc(Cl)cc3Cl)n(-c3ccc(F)cc3)n2)cc1C. The highest BCUT2D eigenvalue weighted by Crippen LogP contribution is 2.25. The average Bonchev–Trinajstić information content (AvgIpc) is 3.23. The van der Waals surface area contributed by atoms with Crippen LogP contribution in [-0.4, -0.2) is 22.2 Å². The molecule has 0 saturated heterocycles. The van der Waals surface area contributed by atoms with Gasteiger partial charge in [0.05, 0.1) is 11.4 Å². The predicted molar refractivity (Wildman–Crippen MR) is 131 cm³/mol. The standard InChI is InChI=1S/C26H22Cl2FN3O/c1-16-3-4-19(13-17(16)2)24-15-25(32(31-24)22-9-7-21(29)8-10-22)26(33)30-12-11-18-5-6-20(27)14-23(18)28/h3-10,13-15H,11-12H2,1-2H3,(H,30,33). The van der Waals surface area contributed by atoms with Gasteiger partial charge in [-0.1, -0.05) is 41.4 Å². The minimum absolute atomic E-state index is 0.285. The summed E-state index contributed by atoms with van der Waals surface area (Å²) in [4.78, 5) is 13.1. The molecule has 3 aromatic carbocycles. The van der Waals surface area contributed by atoms with E-state index in [9.17, 15) is 9.18 Å². The maximum atomic E-state index is 13.5. The van der Waals surface area contributed by atoms with Gasteiger partial charge >= 0.3 is 0 Å². The van der Waals surface area contributed by atoms with Crippen molar-refractivity contribution in [1.82, 2.24) is 15.1 Å². The molecule has 1 aromatic heterocycles. The Morgan fingerprint density at radius 2 is 1.73 bits per heavy atom. The Hall–Kier alpha value is -3.15. The van der Waals surface area contributed by atoms with Crippen LogP contribution in [0, 0.1) is 19.7 Å². The Morgan fingerprint density at radius 3 is 2.42 bits per heavy atom. The van der Waals surface area contributed by atoms with E-state index in [-0.39, 0.29) is 11.7 Å². The lowest BCUT2D eigenvalue weighted by molar-refractivity contribution is 0.0946. The Bertz CT molecular complexity index is 1320. The molecule has 0 unspecified atom stereocenters. The van der Waals surface area contributed by atoms with Gasteiger partial charge in [0, 0.05) is 22.2 Å². The van der Waals surface area contributed by atoms with Crippen molar-refractivity contribution in [3.63, 3.8) is 0 Å². The molecule has 4 rings (SSSR count). The highest BCUT2D eigenvalue weighted by Gasteiger charge is 2.18. The molecule has 1 amide bonds. The van der Waals surface area contributed by atoms with E-state index >= 15 is 0 Å². The third-order valence-corrected chi connectivity index (χ3v) is 6.10. The van der Waals surface area contributed by atoms with Crippen molar-refractivity contribution in [2.24, 2.45) is 0 Å². The summed E-state index contributed by atoms with van der Waals surface area (Å²) in [6.45, 7) is 4.46. The second-order valence-electron chi connectivity index (χ2n) is 7.84. The topological polar surface area (TPSA) is 46.9 Å². The summed E-state index contributed by atoms with van der Waals surface area (Å²) in [7, 11) is 0. The first-order chi connectivity index (χ1) is 15.8. The van der Waals surface area contributed by atoms with Gasteiger partial charge in [0.2, 0.25) is 0 Å². The van der Waals surface area contributed by atoms with Gasteiger partial charge in [0.1, 0.15) is 11.5 Å². The zero-order valence-electron chi connectivity index (χ0n) is 18.2. The van der Waals surface area contributed by atoms with Crippen LogP contribution in [0.25, 0.3) is 16.9 Å². The number of aryl methyl sites for hydroxylation is 2. The largest absolute Gasteiger partial charge is 0.350 e. The number of benzene rings is 3. The number of carbonyl (C=O) groups is 1. The molecule has 0 aliphatic heterocycles. The fourth-order valence-corrected chi connectivity index (χ4v) is 3.99. The van der Waals surface area contributed by atoms with Gasteiger partial charge in [-0.05, 0) is 85.5 Å². The third-order valence-electron chi connectivity index (χ3n) is 5.51. The molecule has 4 nitrogen and oxygen atoms in total. The van der Waals surface area contributed by atoms with E-state index in [0.29, 0.717) is 40.1 Å². The summed E-state index contributed by atoms with van der Waals surface area (Å²) in [6, 6.07) is 19.0. The van der Waals surface area contributed by atoms with E-state index in [1.165, 1.54) is 22.4 Å². The van der Waals surface area contributed by atoms with Gasteiger partial charge in [-0.15, -0.1) is 0 Å². The van der Waals surface area contributed by atoms with E-state index in [1.807, 2.05) is 38.1 Å². The molecule has 1 heterocycles. The molecule has 0 aliphatic rings. The third kappa shape index (κ3) is 5.27. The summed E-state index contributed by atoms with van der Waals surface area (Å²) in [5.74, 6) is -0.641. The van der Waals surface area contributed by atoms with Crippen LogP contribution >= 0.6 is 23.2 Å². The number of nitrogens with one attached hydrogen (secondary N) is 1. The summed E-state index contributed by atoms with van der Waals surface area (Å²) < 4.78 is 15.0. The highest BCUT2D eigenvalue weighted by atomic mass is 35.5. The Labute approximate surface area is 202 Å². The number of nitrogens with zero attached hydrogens (tertiary/aromatic N) is 2. The van der Waals surface area contributed by atoms with Crippen molar-refractivity contribution in [2.75, 3.05) is 6.54 Å². The summed E-state index contributed by atoms with van der Waals surface area (Å²) in [5.41, 5.74) is 5.72. The highest BCUT2D eigenvalue weighted by molar-refractivity contribution is 6.35. The van der Waals surface area contributed by atoms with Gasteiger partial charge in [0.15, 0.2) is 0 Å². The molecule has 33 heavy (non-hydrogen) atoms. The molecule has 0 fully saturated rings. The van der Waals surface area contributed by atoms with Crippen molar-refractivity contribution < 1.29 is 9.18 Å². The van der Waals surface area contributed by atoms with Gasteiger partial charge in [-0.25, -0.2) is 9.07 Å². The van der Waals surface area contributed by atoms with Crippen LogP contribution < -0.4 is 5.32 Å². The molecule has 0 saturated carbocycles. The molecular formula is C26H22Cl2FN3O. The first kappa shape index (κ1) is 23.0. The normalized spacial score (nSPS) is 10.9. The average molecular weight is 482 g/mol. The van der Waals surface area contributed by atoms with Gasteiger partial charge in [-0.2, -0.15) is 5.10 Å². The van der Waals surface area contributed by atoms with Crippen molar-refractivity contribution >= 4 is 29.1 Å². The van der Waals surface area contributed by atoms with Crippen molar-refractivity contribution in [3.05, 3.63) is 105 Å². The van der Waals surface area contributed by atoms with Crippen molar-refractivity contribution in [1.29, 1.82) is 0 Å². The number of aromatic nitrogens is 2. The molecule has 0 radical (unpaired) electrons. The molecule has 1 N–H and O–H groups in total. The Kier molecular flexibility index (Phi) is 6.82. The van der Waals surface area contributed by atoms with E-state index in [2.05, 4.69) is 10.4 Å². The lowest BCUT2D eigenvalue weighted by Crippen LogP contribution is -2.27. The summed E-state index contributed by atoms with van der Waals surface area (Å²) in [5, 5.41) is 8.72. The molecule has 4 aromatic rings. The maximum Gasteiger partial charge on any atom is 0.270 e. The molecule has 0 atom stereocenters. The van der Waals surface area contributed by atoms with Crippen LogP contribution in [0.15, 0.2) is 66.7 Å². The second-order valence-corrected chi connectivity index (χ2v) is 8.69. The molecule has 0 aliphatic carbocycles. The van der Waals surface area contributed by atoms with E-state index < -0.39 is 0 Å². The van der Waals surface area contributed by atoms with Crippen LogP contribution in [0.3, 0.4) is 0 Å². The monoisotopic (exact) mass is 481 g/mol. The molecule has 168 valence electrons. The fraction of sp³-hybridized carbons (Fsp3) is 0.154. The van der Waals surface area contributed by atoms with Crippen LogP contribution in [-0.2, 0) is 6.42 Å². The van der Waals surface area contributed by atoms with Crippen molar-refractivity contribution in [3.8, 4) is 16.9 Å². The van der Waals surface area contributed by atoms with E-state index in [4.69, 9.17) is 23.2 Å². The van der Waals surface area contributed by atoms with Gasteiger partial charge < -0.3 is 5.32 Å². The molecule has 0 bridgehead atoms. The van der Waals surface area contributed by atoms with Crippen molar-refractivity contribution in [2.45, 2.75) is 20.3 Å². The lowest BCUT2D eigenvalue weighted by atomic mass is 10.0. The molecule has 7 heteroatoms. The van der Waals surface area contributed by atoms with E-state index in [1.54, 1.807) is 30.3 Å². The number of amides is 1. The first-order valence-electron chi connectivity index (χ1n) is 10.5. The van der Waals surface area contributed by atoms with Gasteiger partial charge in [-0.3, -0.25) is 4.79 Å². The zero-order chi connectivity index (χ0) is 23.5. The minimum Gasteiger partial charge on any atom is -0.350 e. The fourth-order valence-electron chi connectivity index (χ4n) is 3.49. The van der Waals surface area contributed by atoms with E-state index in [0.717, 1.165) is 16.7 Å². The van der Waals surface area contributed by atoms with Crippen LogP contribution in [0.2, 0.25) is 10.0 Å². The molecule has 0 spiro atoms. The number of carbonyl (C=O) groups excluding carboxylic acids is 1. The Morgan fingerprint density at radius 1 is 0.970 bits per heavy atom. The predicted octanol–water partition coefficient (Wildman–Crippen LogP) is 6.57. The number of hydrogen-bond donors (Lipinski definition) is 1. The van der Waals surface area contributed by atoms with Crippen LogP contribution in [0.5, 0.6) is 0 Å². The smallest absolute Gasteiger partial charge is 0.270 e. The first-order valence-corrected chi connectivity index (χ1v) is 11.2. The minimum atomic E-state index is -0.355. The lowest BCUT2D eigenvalue weighted by Gasteiger charge is -2.09. The maximum absolute atomic E-state index is 13.5. The summed E-state index contributed by atoms with van der Waals surface area (Å²) >= 11 is 12.2. The number of hydrogen-bond acceptors (Lipinski definition) is 2. The molecular weight excluding hydrogens is 460 g/mol. The summed E-state index contributed by atoms with van der Waals surface area (Å²) in [6.07, 6.45) is 0.552. The second kappa shape index (κ2) is 9.77.